The second-order valence-corrected chi connectivity index (χ2v) is 7.48. The third-order valence-electron chi connectivity index (χ3n) is 5.24. The van der Waals surface area contributed by atoms with Gasteiger partial charge in [-0.3, -0.25) is 0 Å². The average Bonchev–Trinajstić information content (AvgIpc) is 2.91. The van der Waals surface area contributed by atoms with Gasteiger partial charge < -0.3 is 14.2 Å². The van der Waals surface area contributed by atoms with Gasteiger partial charge in [0.15, 0.2) is 5.82 Å². The molecular formula is C29H26N2O3. The van der Waals surface area contributed by atoms with Gasteiger partial charge in [0.1, 0.15) is 17.2 Å². The molecule has 0 saturated carbocycles. The number of aromatic nitrogens is 2. The van der Waals surface area contributed by atoms with E-state index in [-0.39, 0.29) is 0 Å². The molecule has 0 aliphatic rings. The van der Waals surface area contributed by atoms with Crippen molar-refractivity contribution in [2.75, 3.05) is 21.3 Å². The zero-order chi connectivity index (χ0) is 23.8. The fourth-order valence-electron chi connectivity index (χ4n) is 3.32. The molecule has 0 radical (unpaired) electrons. The van der Waals surface area contributed by atoms with Gasteiger partial charge in [-0.15, -0.1) is 0 Å². The summed E-state index contributed by atoms with van der Waals surface area (Å²) in [5.41, 5.74) is 4.65. The van der Waals surface area contributed by atoms with E-state index >= 15 is 0 Å². The minimum atomic E-state index is 0.647. The maximum absolute atomic E-state index is 5.28. The predicted octanol–water partition coefficient (Wildman–Crippen LogP) is 6.51. The lowest BCUT2D eigenvalue weighted by atomic mass is 10.1. The highest BCUT2D eigenvalue weighted by Gasteiger charge is 2.06. The Morgan fingerprint density at radius 1 is 0.500 bits per heavy atom. The largest absolute Gasteiger partial charge is 0.497 e. The number of nitrogens with zero attached hydrogens (tertiary/aromatic N) is 2. The fraction of sp³-hybridized carbons (Fsp3) is 0.103. The summed E-state index contributed by atoms with van der Waals surface area (Å²) in [5, 5.41) is 0. The second-order valence-electron chi connectivity index (χ2n) is 7.48. The molecule has 0 spiro atoms. The van der Waals surface area contributed by atoms with Crippen LogP contribution in [-0.4, -0.2) is 31.3 Å². The smallest absolute Gasteiger partial charge is 0.160 e. The Balaban J connectivity index is 1.67. The van der Waals surface area contributed by atoms with Crippen LogP contribution in [0.5, 0.6) is 17.2 Å². The Morgan fingerprint density at radius 3 is 1.26 bits per heavy atom. The average molecular weight is 451 g/mol. The molecule has 0 unspecified atom stereocenters. The van der Waals surface area contributed by atoms with Gasteiger partial charge in [-0.25, -0.2) is 9.97 Å². The van der Waals surface area contributed by atoms with Crippen LogP contribution in [0.3, 0.4) is 0 Å². The van der Waals surface area contributed by atoms with Crippen LogP contribution in [0.15, 0.2) is 78.9 Å². The Kier molecular flexibility index (Phi) is 7.35. The number of benzene rings is 3. The summed E-state index contributed by atoms with van der Waals surface area (Å²) in [6.45, 7) is 0. The molecule has 0 aliphatic heterocycles. The first kappa shape index (κ1) is 22.8. The molecule has 1 aromatic heterocycles. The summed E-state index contributed by atoms with van der Waals surface area (Å²) >= 11 is 0. The van der Waals surface area contributed by atoms with Gasteiger partial charge in [-0.1, -0.05) is 36.4 Å². The van der Waals surface area contributed by atoms with Crippen molar-refractivity contribution in [1.29, 1.82) is 0 Å². The lowest BCUT2D eigenvalue weighted by molar-refractivity contribution is 0.414. The zero-order valence-corrected chi connectivity index (χ0v) is 19.4. The van der Waals surface area contributed by atoms with Crippen LogP contribution in [0, 0.1) is 0 Å². The van der Waals surface area contributed by atoms with Gasteiger partial charge in [0.05, 0.1) is 32.7 Å². The van der Waals surface area contributed by atoms with Gasteiger partial charge >= 0.3 is 0 Å². The molecule has 34 heavy (non-hydrogen) atoms. The molecule has 0 fully saturated rings. The third-order valence-corrected chi connectivity index (χ3v) is 5.24. The summed E-state index contributed by atoms with van der Waals surface area (Å²) in [5.74, 6) is 3.09. The summed E-state index contributed by atoms with van der Waals surface area (Å²) in [6.07, 6.45) is 8.02. The fourth-order valence-corrected chi connectivity index (χ4v) is 3.32. The molecular weight excluding hydrogens is 424 g/mol. The van der Waals surface area contributed by atoms with Gasteiger partial charge in [0.25, 0.3) is 0 Å². The minimum Gasteiger partial charge on any atom is -0.497 e. The van der Waals surface area contributed by atoms with Crippen molar-refractivity contribution >= 4 is 24.3 Å². The van der Waals surface area contributed by atoms with E-state index in [1.807, 2.05) is 103 Å². The third kappa shape index (κ3) is 5.90. The van der Waals surface area contributed by atoms with Crippen molar-refractivity contribution in [2.24, 2.45) is 0 Å². The highest BCUT2D eigenvalue weighted by Crippen LogP contribution is 2.22. The monoisotopic (exact) mass is 450 g/mol. The Hall–Kier alpha value is -4.38. The molecule has 4 aromatic rings. The van der Waals surface area contributed by atoms with Crippen molar-refractivity contribution < 1.29 is 14.2 Å². The standard InChI is InChI=1S/C29H26N2O3/c1-32-26-14-6-21(7-15-26)4-12-24-20-25(13-5-22-8-16-27(33-2)17-9-22)31-29(30-24)23-10-18-28(34-3)19-11-23/h4-20H,1-3H3/b12-4+,13-5+. The highest BCUT2D eigenvalue weighted by atomic mass is 16.5. The van der Waals surface area contributed by atoms with E-state index in [1.54, 1.807) is 21.3 Å². The van der Waals surface area contributed by atoms with Gasteiger partial charge in [0, 0.05) is 5.56 Å². The number of methoxy groups -OCH3 is 3. The molecule has 0 atom stereocenters. The summed E-state index contributed by atoms with van der Waals surface area (Å²) in [7, 11) is 4.97. The van der Waals surface area contributed by atoms with E-state index < -0.39 is 0 Å². The maximum atomic E-state index is 5.28. The SMILES string of the molecule is COc1ccc(/C=C/c2cc(/C=C/c3ccc(OC)cc3)nc(-c3ccc(OC)cc3)n2)cc1. The van der Waals surface area contributed by atoms with Crippen molar-refractivity contribution in [3.63, 3.8) is 0 Å². The molecule has 0 saturated heterocycles. The van der Waals surface area contributed by atoms with Crippen LogP contribution in [0.2, 0.25) is 0 Å². The summed E-state index contributed by atoms with van der Waals surface area (Å²) in [4.78, 5) is 9.54. The van der Waals surface area contributed by atoms with Crippen molar-refractivity contribution in [3.05, 3.63) is 101 Å². The molecule has 0 N–H and O–H groups in total. The quantitative estimate of drug-likeness (QED) is 0.306. The molecule has 5 nitrogen and oxygen atoms in total. The van der Waals surface area contributed by atoms with E-state index in [1.165, 1.54) is 0 Å². The predicted molar refractivity (Wildman–Crippen MR) is 138 cm³/mol. The molecule has 0 aliphatic carbocycles. The van der Waals surface area contributed by atoms with E-state index in [0.717, 1.165) is 45.3 Å². The molecule has 5 heteroatoms. The first-order valence-electron chi connectivity index (χ1n) is 10.8. The molecule has 1 heterocycles. The van der Waals surface area contributed by atoms with E-state index in [0.29, 0.717) is 5.82 Å². The van der Waals surface area contributed by atoms with Crippen LogP contribution in [0.4, 0.5) is 0 Å². The van der Waals surface area contributed by atoms with E-state index in [4.69, 9.17) is 24.2 Å². The maximum Gasteiger partial charge on any atom is 0.160 e. The number of rotatable bonds is 8. The van der Waals surface area contributed by atoms with Gasteiger partial charge in [-0.05, 0) is 77.9 Å². The summed E-state index contributed by atoms with van der Waals surface area (Å²) < 4.78 is 15.8. The van der Waals surface area contributed by atoms with Crippen molar-refractivity contribution in [1.82, 2.24) is 9.97 Å². The lowest BCUT2D eigenvalue weighted by Crippen LogP contribution is -1.95. The first-order valence-corrected chi connectivity index (χ1v) is 10.8. The second kappa shape index (κ2) is 11.0. The Morgan fingerprint density at radius 2 is 0.882 bits per heavy atom. The van der Waals surface area contributed by atoms with Crippen molar-refractivity contribution in [2.45, 2.75) is 0 Å². The summed E-state index contributed by atoms with van der Waals surface area (Å²) in [6, 6.07) is 25.5. The highest BCUT2D eigenvalue weighted by molar-refractivity contribution is 5.73. The van der Waals surface area contributed by atoms with Crippen LogP contribution >= 0.6 is 0 Å². The minimum absolute atomic E-state index is 0.647. The normalized spacial score (nSPS) is 11.1. The zero-order valence-electron chi connectivity index (χ0n) is 19.4. The molecule has 0 amide bonds. The van der Waals surface area contributed by atoms with Gasteiger partial charge in [0.2, 0.25) is 0 Å². The molecule has 170 valence electrons. The molecule has 3 aromatic carbocycles. The number of hydrogen-bond donors (Lipinski definition) is 0. The number of ether oxygens (including phenoxy) is 3. The molecule has 0 bridgehead atoms. The van der Waals surface area contributed by atoms with Crippen LogP contribution < -0.4 is 14.2 Å². The van der Waals surface area contributed by atoms with Crippen LogP contribution in [-0.2, 0) is 0 Å². The Labute approximate surface area is 200 Å². The van der Waals surface area contributed by atoms with Crippen LogP contribution in [0.25, 0.3) is 35.7 Å². The van der Waals surface area contributed by atoms with Crippen molar-refractivity contribution in [3.8, 4) is 28.6 Å². The van der Waals surface area contributed by atoms with E-state index in [9.17, 15) is 0 Å². The topological polar surface area (TPSA) is 53.5 Å². The number of hydrogen-bond acceptors (Lipinski definition) is 5. The lowest BCUT2D eigenvalue weighted by Gasteiger charge is -2.06. The van der Waals surface area contributed by atoms with E-state index in [2.05, 4.69) is 0 Å². The molecule has 4 rings (SSSR count). The Bertz CT molecular complexity index is 1200. The first-order chi connectivity index (χ1) is 16.7. The van der Waals surface area contributed by atoms with Gasteiger partial charge in [-0.2, -0.15) is 0 Å². The van der Waals surface area contributed by atoms with Crippen LogP contribution in [0.1, 0.15) is 22.5 Å².